The van der Waals surface area contributed by atoms with Crippen molar-refractivity contribution in [3.8, 4) is 0 Å². The van der Waals surface area contributed by atoms with Gasteiger partial charge >= 0.3 is 24.8 Å². The Hall–Kier alpha value is 1.64. The van der Waals surface area contributed by atoms with Crippen molar-refractivity contribution in [2.24, 2.45) is 0 Å². The quantitative estimate of drug-likeness (QED) is 0.130. The molecule has 0 aromatic heterocycles. The topological polar surface area (TPSA) is 0 Å². The van der Waals surface area contributed by atoms with Crippen molar-refractivity contribution in [2.45, 2.75) is 119 Å². The van der Waals surface area contributed by atoms with Crippen LogP contribution in [0.4, 0.5) is 0 Å². The first kappa shape index (κ1) is 34.3. The summed E-state index contributed by atoms with van der Waals surface area (Å²) >= 11 is 3.35. The Labute approximate surface area is 195 Å². The van der Waals surface area contributed by atoms with Gasteiger partial charge in [0.2, 0.25) is 0 Å². The van der Waals surface area contributed by atoms with Gasteiger partial charge < -0.3 is 0 Å². The first-order valence-electron chi connectivity index (χ1n) is 12.5. The van der Waals surface area contributed by atoms with Gasteiger partial charge in [-0.25, -0.2) is 0 Å². The molecule has 177 valence electrons. The molecule has 0 aromatic carbocycles. The summed E-state index contributed by atoms with van der Waals surface area (Å²) in [6.07, 6.45) is 26.8. The summed E-state index contributed by atoms with van der Waals surface area (Å²) in [5.41, 5.74) is 0. The van der Waals surface area contributed by atoms with Gasteiger partial charge in [-0.05, 0) is 38.5 Å². The SMILES string of the molecule is CCCC[PH+](CCCC)CCCC.CCCC[PH+](CCCC)CCCC.[Cl][Ni]. The molecule has 0 aliphatic rings. The molecule has 0 unspecified atom stereocenters. The van der Waals surface area contributed by atoms with Gasteiger partial charge in [0, 0.05) is 15.8 Å². The average molecular weight is 501 g/mol. The van der Waals surface area contributed by atoms with E-state index in [1.807, 2.05) is 0 Å². The van der Waals surface area contributed by atoms with Crippen molar-refractivity contribution >= 4 is 26.0 Å². The van der Waals surface area contributed by atoms with E-state index in [0.29, 0.717) is 0 Å². The third-order valence-electron chi connectivity index (χ3n) is 5.30. The van der Waals surface area contributed by atoms with Crippen LogP contribution in [0, 0.1) is 0 Å². The number of hydrogen-bond acceptors (Lipinski definition) is 0. The van der Waals surface area contributed by atoms with Crippen LogP contribution < -0.4 is 0 Å². The summed E-state index contributed by atoms with van der Waals surface area (Å²) in [5, 5.41) is 0. The number of hydrogen-bond donors (Lipinski definition) is 0. The molecule has 0 atom stereocenters. The van der Waals surface area contributed by atoms with Gasteiger partial charge in [0.15, 0.2) is 0 Å². The van der Waals surface area contributed by atoms with Crippen LogP contribution in [-0.4, -0.2) is 37.0 Å². The third-order valence-corrected chi connectivity index (χ3v) is 11.7. The van der Waals surface area contributed by atoms with Gasteiger partial charge in [0.25, 0.3) is 0 Å². The molecule has 0 spiro atoms. The van der Waals surface area contributed by atoms with Crippen LogP contribution in [0.3, 0.4) is 0 Å². The molecule has 0 rings (SSSR count). The van der Waals surface area contributed by atoms with Crippen LogP contribution in [0.1, 0.15) is 119 Å². The zero-order valence-corrected chi connectivity index (χ0v) is 24.2. The van der Waals surface area contributed by atoms with Gasteiger partial charge in [-0.1, -0.05) is 80.1 Å². The fourth-order valence-corrected chi connectivity index (χ4v) is 9.93. The van der Waals surface area contributed by atoms with Crippen LogP contribution in [0.15, 0.2) is 0 Å². The Morgan fingerprint density at radius 1 is 0.393 bits per heavy atom. The summed E-state index contributed by atoms with van der Waals surface area (Å²) in [6.45, 7) is 13.9. The van der Waals surface area contributed by atoms with Crippen LogP contribution in [0.2, 0.25) is 0 Å². The maximum absolute atomic E-state index is 4.26. The van der Waals surface area contributed by atoms with E-state index in [1.165, 1.54) is 77.0 Å². The monoisotopic (exact) mass is 499 g/mol. The Bertz CT molecular complexity index is 181. The molecule has 0 amide bonds. The van der Waals surface area contributed by atoms with Crippen molar-refractivity contribution in [3.05, 3.63) is 0 Å². The van der Waals surface area contributed by atoms with Gasteiger partial charge in [-0.2, -0.15) is 0 Å². The summed E-state index contributed by atoms with van der Waals surface area (Å²) in [7, 11) is 4.40. The van der Waals surface area contributed by atoms with E-state index in [-0.39, 0.29) is 15.8 Å². The second-order valence-electron chi connectivity index (χ2n) is 8.12. The molecular weight excluding hydrogens is 444 g/mol. The molecule has 0 radical (unpaired) electrons. The van der Waals surface area contributed by atoms with Gasteiger partial charge in [0.05, 0.1) is 37.0 Å². The molecule has 4 heteroatoms. The minimum absolute atomic E-state index is 0.0675. The summed E-state index contributed by atoms with van der Waals surface area (Å²) < 4.78 is 0. The van der Waals surface area contributed by atoms with Crippen LogP contribution in [0.25, 0.3) is 0 Å². The average Bonchev–Trinajstić information content (AvgIpc) is 2.74. The summed E-state index contributed by atoms with van der Waals surface area (Å²) in [5.74, 6) is 0. The molecular formula is C24H56ClNiP2+2. The van der Waals surface area contributed by atoms with E-state index >= 15 is 0 Å². The van der Waals surface area contributed by atoms with Crippen LogP contribution in [0.5, 0.6) is 0 Å². The van der Waals surface area contributed by atoms with Crippen LogP contribution >= 0.6 is 26.0 Å². The van der Waals surface area contributed by atoms with E-state index < -0.39 is 0 Å². The van der Waals surface area contributed by atoms with Crippen molar-refractivity contribution in [2.75, 3.05) is 37.0 Å². The van der Waals surface area contributed by atoms with Crippen molar-refractivity contribution in [1.29, 1.82) is 0 Å². The van der Waals surface area contributed by atoms with E-state index in [0.717, 1.165) is 0 Å². The number of rotatable bonds is 18. The zero-order chi connectivity index (χ0) is 21.9. The molecule has 0 bridgehead atoms. The molecule has 0 aliphatic carbocycles. The fraction of sp³-hybridized carbons (Fsp3) is 1.00. The van der Waals surface area contributed by atoms with Gasteiger partial charge in [-0.15, -0.1) is 0 Å². The van der Waals surface area contributed by atoms with E-state index in [1.54, 1.807) is 37.0 Å². The molecule has 0 saturated carbocycles. The predicted molar refractivity (Wildman–Crippen MR) is 141 cm³/mol. The predicted octanol–water partition coefficient (Wildman–Crippen LogP) is 9.89. The molecule has 0 saturated heterocycles. The van der Waals surface area contributed by atoms with Crippen molar-refractivity contribution in [1.82, 2.24) is 0 Å². The zero-order valence-electron chi connectivity index (χ0n) is 20.4. The fourth-order valence-electron chi connectivity index (χ4n) is 3.31. The van der Waals surface area contributed by atoms with Crippen molar-refractivity contribution < 1.29 is 14.6 Å². The standard InChI is InChI=1S/2C12H27P.ClH.Ni/c2*1-4-7-10-13(11-8-5-2)12-9-6-3;;/h2*4-12H2,1-3H3;1H;/q;;;+1/p+1. The Kier molecular flexibility index (Phi) is 40.7. The van der Waals surface area contributed by atoms with E-state index in [4.69, 9.17) is 0 Å². The minimum atomic E-state index is 0.0675. The molecule has 0 nitrogen and oxygen atoms in total. The first-order chi connectivity index (χ1) is 13.7. The second-order valence-corrected chi connectivity index (χ2v) is 14.1. The van der Waals surface area contributed by atoms with E-state index in [2.05, 4.69) is 66.3 Å². The third kappa shape index (κ3) is 29.8. The molecule has 0 aliphatic heterocycles. The number of halogens is 1. The first-order valence-corrected chi connectivity index (χ1v) is 18.1. The van der Waals surface area contributed by atoms with Crippen LogP contribution in [-0.2, 0) is 14.6 Å². The van der Waals surface area contributed by atoms with E-state index in [9.17, 15) is 0 Å². The van der Waals surface area contributed by atoms with Gasteiger partial charge in [-0.3, -0.25) is 0 Å². The Balaban J connectivity index is -0.000000410. The maximum atomic E-state index is 4.26. The molecule has 0 heterocycles. The molecule has 28 heavy (non-hydrogen) atoms. The second kappa shape index (κ2) is 33.3. The number of unbranched alkanes of at least 4 members (excludes halogenated alkanes) is 6. The molecule has 0 N–H and O–H groups in total. The molecule has 0 fully saturated rings. The summed E-state index contributed by atoms with van der Waals surface area (Å²) in [4.78, 5) is 0. The molecule has 0 aromatic rings. The normalized spacial score (nSPS) is 10.5. The Morgan fingerprint density at radius 3 is 0.643 bits per heavy atom. The Morgan fingerprint density at radius 2 is 0.536 bits per heavy atom. The summed E-state index contributed by atoms with van der Waals surface area (Å²) in [6, 6.07) is 0. The van der Waals surface area contributed by atoms with Gasteiger partial charge in [0.1, 0.15) is 0 Å². The van der Waals surface area contributed by atoms with Crippen molar-refractivity contribution in [3.63, 3.8) is 0 Å².